The van der Waals surface area contributed by atoms with Crippen molar-refractivity contribution < 1.29 is 19.2 Å². The molecule has 0 bridgehead atoms. The molecule has 3 aliphatic rings. The van der Waals surface area contributed by atoms with Crippen molar-refractivity contribution in [1.82, 2.24) is 10.2 Å². The molecule has 0 saturated carbocycles. The Hall–Kier alpha value is -2.41. The molecule has 2 saturated heterocycles. The zero-order valence-corrected chi connectivity index (χ0v) is 19.2. The molecule has 3 aliphatic heterocycles. The van der Waals surface area contributed by atoms with E-state index in [1.807, 2.05) is 49.1 Å². The van der Waals surface area contributed by atoms with Crippen molar-refractivity contribution in [3.63, 3.8) is 0 Å². The Kier molecular flexibility index (Phi) is 7.13. The maximum atomic E-state index is 13.5. The predicted molar refractivity (Wildman–Crippen MR) is 122 cm³/mol. The number of nitrogens with zero attached hydrogens (tertiary/aromatic N) is 2. The van der Waals surface area contributed by atoms with Crippen molar-refractivity contribution in [2.24, 2.45) is 16.5 Å². The van der Waals surface area contributed by atoms with Gasteiger partial charge in [-0.2, -0.15) is 0 Å². The average molecular weight is 442 g/mol. The van der Waals surface area contributed by atoms with Crippen LogP contribution < -0.4 is 5.32 Å². The van der Waals surface area contributed by atoms with Crippen LogP contribution in [0.15, 0.2) is 35.5 Å². The van der Waals surface area contributed by atoms with Crippen LogP contribution in [0.5, 0.6) is 0 Å². The zero-order chi connectivity index (χ0) is 22.6. The van der Waals surface area contributed by atoms with Gasteiger partial charge in [0.25, 0.3) is 0 Å². The number of ether oxygens (including phenoxy) is 1. The van der Waals surface area contributed by atoms with Crippen LogP contribution in [0.4, 0.5) is 0 Å². The second-order valence-corrected chi connectivity index (χ2v) is 9.65. The SMILES string of the molecule is CC(C)C(=O)N1CCC(CC2CC(c3ccccc3)=NO2)(C(=O)NCC2CCCO2)CC1. The first-order chi connectivity index (χ1) is 15.5. The quantitative estimate of drug-likeness (QED) is 0.705. The van der Waals surface area contributed by atoms with Crippen LogP contribution in [0, 0.1) is 11.3 Å². The van der Waals surface area contributed by atoms with Gasteiger partial charge in [0.05, 0.1) is 17.2 Å². The fourth-order valence-electron chi connectivity index (χ4n) is 5.02. The van der Waals surface area contributed by atoms with Crippen LogP contribution in [0.3, 0.4) is 0 Å². The fraction of sp³-hybridized carbons (Fsp3) is 0.640. The third-order valence-corrected chi connectivity index (χ3v) is 6.98. The van der Waals surface area contributed by atoms with E-state index in [-0.39, 0.29) is 29.9 Å². The van der Waals surface area contributed by atoms with Gasteiger partial charge in [0.15, 0.2) is 0 Å². The Morgan fingerprint density at radius 2 is 1.94 bits per heavy atom. The number of carbonyl (C=O) groups is 2. The number of nitrogens with one attached hydrogen (secondary N) is 1. The lowest BCUT2D eigenvalue weighted by Gasteiger charge is -2.42. The average Bonchev–Trinajstić information content (AvgIpc) is 3.50. The lowest BCUT2D eigenvalue weighted by Crippen LogP contribution is -2.52. The molecule has 174 valence electrons. The van der Waals surface area contributed by atoms with E-state index < -0.39 is 5.41 Å². The number of amides is 2. The predicted octanol–water partition coefficient (Wildman–Crippen LogP) is 3.13. The molecule has 4 rings (SSSR count). The summed E-state index contributed by atoms with van der Waals surface area (Å²) in [5.41, 5.74) is 1.43. The van der Waals surface area contributed by atoms with E-state index in [1.165, 1.54) is 0 Å². The smallest absolute Gasteiger partial charge is 0.226 e. The number of likely N-dealkylation sites (tertiary alicyclic amines) is 1. The fourth-order valence-corrected chi connectivity index (χ4v) is 5.02. The Morgan fingerprint density at radius 1 is 1.19 bits per heavy atom. The maximum Gasteiger partial charge on any atom is 0.226 e. The molecule has 2 atom stereocenters. The summed E-state index contributed by atoms with van der Waals surface area (Å²) in [6, 6.07) is 10.0. The maximum absolute atomic E-state index is 13.5. The van der Waals surface area contributed by atoms with Gasteiger partial charge >= 0.3 is 0 Å². The standard InChI is InChI=1S/C25H35N3O4/c1-18(2)23(29)28-12-10-25(11-13-28,24(30)26-17-20-9-6-14-31-20)16-21-15-22(27-32-21)19-7-4-3-5-8-19/h3-5,7-8,18,20-21H,6,9-17H2,1-2H3,(H,26,30). The van der Waals surface area contributed by atoms with E-state index in [0.29, 0.717) is 45.3 Å². The van der Waals surface area contributed by atoms with E-state index in [9.17, 15) is 9.59 Å². The van der Waals surface area contributed by atoms with E-state index in [0.717, 1.165) is 30.7 Å². The molecule has 2 amide bonds. The molecule has 3 heterocycles. The highest BCUT2D eigenvalue weighted by Gasteiger charge is 2.45. The summed E-state index contributed by atoms with van der Waals surface area (Å²) in [7, 11) is 0. The van der Waals surface area contributed by atoms with Crippen molar-refractivity contribution >= 4 is 17.5 Å². The van der Waals surface area contributed by atoms with E-state index in [1.54, 1.807) is 0 Å². The molecular weight excluding hydrogens is 406 g/mol. The number of rotatable bonds is 7. The van der Waals surface area contributed by atoms with Gasteiger partial charge in [-0.3, -0.25) is 9.59 Å². The van der Waals surface area contributed by atoms with Crippen LogP contribution in [-0.2, 0) is 19.2 Å². The molecule has 7 nitrogen and oxygen atoms in total. The molecule has 0 spiro atoms. The minimum atomic E-state index is -0.557. The Labute approximate surface area is 190 Å². The third-order valence-electron chi connectivity index (χ3n) is 6.98. The molecule has 1 N–H and O–H groups in total. The summed E-state index contributed by atoms with van der Waals surface area (Å²) in [6.45, 7) is 6.37. The van der Waals surface area contributed by atoms with Crippen molar-refractivity contribution in [3.05, 3.63) is 35.9 Å². The first kappa shape index (κ1) is 22.8. The number of carbonyl (C=O) groups excluding carboxylic acids is 2. The summed E-state index contributed by atoms with van der Waals surface area (Å²) >= 11 is 0. The molecule has 2 fully saturated rings. The van der Waals surface area contributed by atoms with Crippen LogP contribution in [0.2, 0.25) is 0 Å². The van der Waals surface area contributed by atoms with Gasteiger partial charge in [0.1, 0.15) is 6.10 Å². The molecule has 32 heavy (non-hydrogen) atoms. The van der Waals surface area contributed by atoms with Gasteiger partial charge in [0, 0.05) is 45.0 Å². The number of hydrogen-bond acceptors (Lipinski definition) is 5. The number of hydrogen-bond donors (Lipinski definition) is 1. The van der Waals surface area contributed by atoms with Crippen molar-refractivity contribution in [2.45, 2.75) is 64.6 Å². The number of oxime groups is 1. The lowest BCUT2D eigenvalue weighted by atomic mass is 9.72. The Morgan fingerprint density at radius 3 is 2.59 bits per heavy atom. The normalized spacial score (nSPS) is 24.8. The van der Waals surface area contributed by atoms with Gasteiger partial charge in [0.2, 0.25) is 11.8 Å². The minimum Gasteiger partial charge on any atom is -0.392 e. The summed E-state index contributed by atoms with van der Waals surface area (Å²) in [5, 5.41) is 7.48. The van der Waals surface area contributed by atoms with Crippen LogP contribution in [0.1, 0.15) is 57.9 Å². The van der Waals surface area contributed by atoms with Gasteiger partial charge in [-0.15, -0.1) is 0 Å². The van der Waals surface area contributed by atoms with Crippen molar-refractivity contribution in [1.29, 1.82) is 0 Å². The van der Waals surface area contributed by atoms with E-state index in [4.69, 9.17) is 9.57 Å². The van der Waals surface area contributed by atoms with Gasteiger partial charge in [-0.1, -0.05) is 49.3 Å². The minimum absolute atomic E-state index is 0.0316. The number of piperidine rings is 1. The highest BCUT2D eigenvalue weighted by Crippen LogP contribution is 2.39. The Balaban J connectivity index is 1.42. The first-order valence-electron chi connectivity index (χ1n) is 11.9. The summed E-state index contributed by atoms with van der Waals surface area (Å²) in [5.74, 6) is 0.183. The zero-order valence-electron chi connectivity index (χ0n) is 19.2. The second-order valence-electron chi connectivity index (χ2n) is 9.65. The Bertz CT molecular complexity index is 825. The first-order valence-corrected chi connectivity index (χ1v) is 11.9. The monoisotopic (exact) mass is 441 g/mol. The molecule has 0 radical (unpaired) electrons. The highest BCUT2D eigenvalue weighted by atomic mass is 16.6. The van der Waals surface area contributed by atoms with Crippen molar-refractivity contribution in [2.75, 3.05) is 26.2 Å². The van der Waals surface area contributed by atoms with Crippen LogP contribution in [0.25, 0.3) is 0 Å². The molecule has 1 aromatic rings. The molecular formula is C25H35N3O4. The molecule has 1 aromatic carbocycles. The number of benzene rings is 1. The topological polar surface area (TPSA) is 80.2 Å². The third kappa shape index (κ3) is 5.14. The second kappa shape index (κ2) is 10.0. The highest BCUT2D eigenvalue weighted by molar-refractivity contribution is 6.01. The molecule has 7 heteroatoms. The van der Waals surface area contributed by atoms with Crippen molar-refractivity contribution in [3.8, 4) is 0 Å². The summed E-state index contributed by atoms with van der Waals surface area (Å²) < 4.78 is 5.68. The lowest BCUT2D eigenvalue weighted by molar-refractivity contribution is -0.144. The largest absolute Gasteiger partial charge is 0.392 e. The van der Waals surface area contributed by atoms with Gasteiger partial charge < -0.3 is 19.8 Å². The molecule has 2 unspecified atom stereocenters. The summed E-state index contributed by atoms with van der Waals surface area (Å²) in [6.07, 6.45) is 4.60. The van der Waals surface area contributed by atoms with Gasteiger partial charge in [-0.25, -0.2) is 0 Å². The van der Waals surface area contributed by atoms with E-state index in [2.05, 4.69) is 10.5 Å². The van der Waals surface area contributed by atoms with Crippen LogP contribution >= 0.6 is 0 Å². The molecule has 0 aliphatic carbocycles. The molecule has 0 aromatic heterocycles. The van der Waals surface area contributed by atoms with Gasteiger partial charge in [-0.05, 0) is 31.2 Å². The van der Waals surface area contributed by atoms with Crippen LogP contribution in [-0.4, -0.2) is 60.9 Å². The summed E-state index contributed by atoms with van der Waals surface area (Å²) in [4.78, 5) is 33.6. The van der Waals surface area contributed by atoms with E-state index >= 15 is 0 Å².